The summed E-state index contributed by atoms with van der Waals surface area (Å²) in [6, 6.07) is 9.90. The number of piperidine rings is 1. The first-order valence-electron chi connectivity index (χ1n) is 7.83. The Morgan fingerprint density at radius 1 is 1.20 bits per heavy atom. The fourth-order valence-corrected chi connectivity index (χ4v) is 3.57. The van der Waals surface area contributed by atoms with Crippen LogP contribution in [0.3, 0.4) is 0 Å². The van der Waals surface area contributed by atoms with Gasteiger partial charge in [0.15, 0.2) is 0 Å². The topological polar surface area (TPSA) is 32.3 Å². The number of fused-ring (bicyclic) bond motifs is 1. The molecule has 108 valence electrons. The molecular formula is C17H24N2O. The highest BCUT2D eigenvalue weighted by Gasteiger charge is 2.25. The zero-order valence-corrected chi connectivity index (χ0v) is 12.3. The molecule has 2 aliphatic rings. The molecule has 1 aromatic carbocycles. The maximum Gasteiger partial charge on any atom is 0.219 e. The predicted octanol–water partition coefficient (Wildman–Crippen LogP) is 2.66. The largest absolute Gasteiger partial charge is 0.343 e. The van der Waals surface area contributed by atoms with Crippen molar-refractivity contribution in [3.8, 4) is 0 Å². The average Bonchev–Trinajstić information content (AvgIpc) is 2.48. The predicted molar refractivity (Wildman–Crippen MR) is 80.5 cm³/mol. The van der Waals surface area contributed by atoms with E-state index >= 15 is 0 Å². The minimum Gasteiger partial charge on any atom is -0.343 e. The van der Waals surface area contributed by atoms with Crippen LogP contribution in [0.2, 0.25) is 0 Å². The Bertz CT molecular complexity index is 478. The van der Waals surface area contributed by atoms with Crippen LogP contribution in [0, 0.1) is 0 Å². The summed E-state index contributed by atoms with van der Waals surface area (Å²) in [5, 5.41) is 3.84. The van der Waals surface area contributed by atoms with Crippen LogP contribution in [0.5, 0.6) is 0 Å². The maximum absolute atomic E-state index is 11.4. The summed E-state index contributed by atoms with van der Waals surface area (Å²) in [7, 11) is 0. The number of carbonyl (C=O) groups excluding carboxylic acids is 1. The third-order valence-electron chi connectivity index (χ3n) is 4.75. The van der Waals surface area contributed by atoms with Crippen molar-refractivity contribution < 1.29 is 4.79 Å². The third-order valence-corrected chi connectivity index (χ3v) is 4.75. The number of likely N-dealkylation sites (tertiary alicyclic amines) is 1. The highest BCUT2D eigenvalue weighted by Crippen LogP contribution is 2.30. The van der Waals surface area contributed by atoms with Crippen LogP contribution in [-0.2, 0) is 11.2 Å². The second-order valence-corrected chi connectivity index (χ2v) is 6.09. The van der Waals surface area contributed by atoms with E-state index < -0.39 is 0 Å². The van der Waals surface area contributed by atoms with E-state index in [-0.39, 0.29) is 5.91 Å². The van der Waals surface area contributed by atoms with Gasteiger partial charge in [-0.2, -0.15) is 0 Å². The van der Waals surface area contributed by atoms with Gasteiger partial charge in [-0.05, 0) is 43.2 Å². The molecule has 0 spiro atoms. The Balaban J connectivity index is 1.61. The molecule has 1 fully saturated rings. The molecule has 1 saturated heterocycles. The zero-order chi connectivity index (χ0) is 13.9. The fourth-order valence-electron chi connectivity index (χ4n) is 3.57. The molecule has 1 atom stereocenters. The van der Waals surface area contributed by atoms with Gasteiger partial charge in [-0.3, -0.25) is 4.79 Å². The molecule has 1 amide bonds. The molecule has 1 N–H and O–H groups in total. The van der Waals surface area contributed by atoms with E-state index in [4.69, 9.17) is 0 Å². The lowest BCUT2D eigenvalue weighted by molar-refractivity contribution is -0.129. The number of hydrogen-bond donors (Lipinski definition) is 1. The first-order chi connectivity index (χ1) is 9.74. The second-order valence-electron chi connectivity index (χ2n) is 6.09. The van der Waals surface area contributed by atoms with Crippen molar-refractivity contribution in [1.82, 2.24) is 10.2 Å². The Morgan fingerprint density at radius 3 is 2.70 bits per heavy atom. The molecule has 20 heavy (non-hydrogen) atoms. The highest BCUT2D eigenvalue weighted by molar-refractivity contribution is 5.73. The molecule has 3 heteroatoms. The molecule has 0 aromatic heterocycles. The van der Waals surface area contributed by atoms with Gasteiger partial charge in [0.25, 0.3) is 0 Å². The van der Waals surface area contributed by atoms with Crippen LogP contribution in [0.15, 0.2) is 24.3 Å². The Hall–Kier alpha value is -1.35. The minimum absolute atomic E-state index is 0.214. The molecule has 1 aliphatic carbocycles. The summed E-state index contributed by atoms with van der Waals surface area (Å²) in [5.74, 6) is 0.214. The van der Waals surface area contributed by atoms with Gasteiger partial charge in [0.2, 0.25) is 5.91 Å². The lowest BCUT2D eigenvalue weighted by Crippen LogP contribution is -2.45. The van der Waals surface area contributed by atoms with Gasteiger partial charge in [-0.15, -0.1) is 0 Å². The van der Waals surface area contributed by atoms with Crippen LogP contribution in [0.1, 0.15) is 49.8 Å². The van der Waals surface area contributed by atoms with Crippen molar-refractivity contribution in [2.24, 2.45) is 0 Å². The van der Waals surface area contributed by atoms with Gasteiger partial charge in [0, 0.05) is 32.1 Å². The van der Waals surface area contributed by atoms with Crippen LogP contribution >= 0.6 is 0 Å². The summed E-state index contributed by atoms with van der Waals surface area (Å²) >= 11 is 0. The van der Waals surface area contributed by atoms with Gasteiger partial charge >= 0.3 is 0 Å². The normalized spacial score (nSPS) is 23.4. The number of nitrogens with zero attached hydrogens (tertiary/aromatic N) is 1. The molecule has 1 aromatic rings. The van der Waals surface area contributed by atoms with E-state index in [9.17, 15) is 4.79 Å². The first kappa shape index (κ1) is 13.6. The summed E-state index contributed by atoms with van der Waals surface area (Å²) in [6.45, 7) is 3.48. The highest BCUT2D eigenvalue weighted by atomic mass is 16.2. The number of hydrogen-bond acceptors (Lipinski definition) is 2. The van der Waals surface area contributed by atoms with E-state index in [1.165, 1.54) is 30.4 Å². The van der Waals surface area contributed by atoms with Crippen LogP contribution < -0.4 is 5.32 Å². The molecule has 0 radical (unpaired) electrons. The average molecular weight is 272 g/mol. The number of nitrogens with one attached hydrogen (secondary N) is 1. The summed E-state index contributed by atoms with van der Waals surface area (Å²) in [6.07, 6.45) is 5.90. The molecule has 0 saturated carbocycles. The standard InChI is InChI=1S/C17H24N2O/c1-13(20)19-11-9-15(10-12-19)18-17-8-4-6-14-5-2-3-7-16(14)17/h2-3,5,7,15,17-18H,4,6,8-12H2,1H3. The molecule has 1 unspecified atom stereocenters. The Labute approximate surface area is 121 Å². The van der Waals surface area contributed by atoms with Crippen molar-refractivity contribution >= 4 is 5.91 Å². The van der Waals surface area contributed by atoms with Crippen molar-refractivity contribution in [3.05, 3.63) is 35.4 Å². The summed E-state index contributed by atoms with van der Waals surface area (Å²) in [5.41, 5.74) is 3.00. The second kappa shape index (κ2) is 5.96. The molecule has 0 bridgehead atoms. The van der Waals surface area contributed by atoms with Crippen molar-refractivity contribution in [2.75, 3.05) is 13.1 Å². The third kappa shape index (κ3) is 2.88. The molecule has 3 nitrogen and oxygen atoms in total. The molecule has 1 aliphatic heterocycles. The zero-order valence-electron chi connectivity index (χ0n) is 12.3. The van der Waals surface area contributed by atoms with Crippen molar-refractivity contribution in [3.63, 3.8) is 0 Å². The number of rotatable bonds is 2. The quantitative estimate of drug-likeness (QED) is 0.897. The number of amides is 1. The Kier molecular flexibility index (Phi) is 4.06. The van der Waals surface area contributed by atoms with Gasteiger partial charge in [-0.1, -0.05) is 24.3 Å². The van der Waals surface area contributed by atoms with E-state index in [1.807, 2.05) is 4.90 Å². The minimum atomic E-state index is 0.214. The van der Waals surface area contributed by atoms with E-state index in [1.54, 1.807) is 6.92 Å². The van der Waals surface area contributed by atoms with Gasteiger partial charge < -0.3 is 10.2 Å². The van der Waals surface area contributed by atoms with Gasteiger partial charge in [-0.25, -0.2) is 0 Å². The van der Waals surface area contributed by atoms with Crippen LogP contribution in [-0.4, -0.2) is 29.9 Å². The summed E-state index contributed by atoms with van der Waals surface area (Å²) in [4.78, 5) is 13.3. The van der Waals surface area contributed by atoms with Gasteiger partial charge in [0.05, 0.1) is 0 Å². The Morgan fingerprint density at radius 2 is 1.95 bits per heavy atom. The lowest BCUT2D eigenvalue weighted by Gasteiger charge is -2.36. The number of benzene rings is 1. The molecule has 3 rings (SSSR count). The number of aryl methyl sites for hydroxylation is 1. The SMILES string of the molecule is CC(=O)N1CCC(NC2CCCc3ccccc32)CC1. The van der Waals surface area contributed by atoms with Crippen LogP contribution in [0.25, 0.3) is 0 Å². The summed E-state index contributed by atoms with van der Waals surface area (Å²) < 4.78 is 0. The van der Waals surface area contributed by atoms with Crippen LogP contribution in [0.4, 0.5) is 0 Å². The first-order valence-corrected chi connectivity index (χ1v) is 7.83. The van der Waals surface area contributed by atoms with E-state index in [2.05, 4.69) is 29.6 Å². The van der Waals surface area contributed by atoms with Crippen molar-refractivity contribution in [2.45, 2.75) is 51.1 Å². The van der Waals surface area contributed by atoms with Crippen molar-refractivity contribution in [1.29, 1.82) is 0 Å². The lowest BCUT2D eigenvalue weighted by atomic mass is 9.87. The smallest absolute Gasteiger partial charge is 0.219 e. The maximum atomic E-state index is 11.4. The molecule has 1 heterocycles. The van der Waals surface area contributed by atoms with E-state index in [0.717, 1.165) is 25.9 Å². The fraction of sp³-hybridized carbons (Fsp3) is 0.588. The van der Waals surface area contributed by atoms with Gasteiger partial charge in [0.1, 0.15) is 0 Å². The van der Waals surface area contributed by atoms with E-state index in [0.29, 0.717) is 12.1 Å². The monoisotopic (exact) mass is 272 g/mol. The number of carbonyl (C=O) groups is 1. The molecular weight excluding hydrogens is 248 g/mol.